The predicted octanol–water partition coefficient (Wildman–Crippen LogP) is 0.580. The molecule has 0 aliphatic carbocycles. The Morgan fingerprint density at radius 2 is 1.96 bits per heavy atom. The van der Waals surface area contributed by atoms with Crippen molar-refractivity contribution < 1.29 is 14.3 Å². The summed E-state index contributed by atoms with van der Waals surface area (Å²) in [5.74, 6) is 1.24. The third kappa shape index (κ3) is 4.36. The summed E-state index contributed by atoms with van der Waals surface area (Å²) in [7, 11) is 2.15. The van der Waals surface area contributed by atoms with Gasteiger partial charge in [-0.1, -0.05) is 12.1 Å². The lowest BCUT2D eigenvalue weighted by molar-refractivity contribution is -0.130. The number of nitrogens with one attached hydrogen (secondary N) is 1. The Labute approximate surface area is 137 Å². The number of hydrogen-bond acceptors (Lipinski definition) is 5. The highest BCUT2D eigenvalue weighted by Crippen LogP contribution is 2.30. The first-order valence-electron chi connectivity index (χ1n) is 8.29. The monoisotopic (exact) mass is 319 g/mol. The number of fused-ring (bicyclic) bond motifs is 1. The van der Waals surface area contributed by atoms with Crippen LogP contribution < -0.4 is 14.8 Å². The topological polar surface area (TPSA) is 54.0 Å². The molecule has 6 heteroatoms. The Kier molecular flexibility index (Phi) is 5.35. The first-order valence-corrected chi connectivity index (χ1v) is 8.29. The lowest BCUT2D eigenvalue weighted by Gasteiger charge is -2.32. The van der Waals surface area contributed by atoms with Gasteiger partial charge in [-0.05, 0) is 32.1 Å². The van der Waals surface area contributed by atoms with Crippen molar-refractivity contribution in [1.82, 2.24) is 15.1 Å². The van der Waals surface area contributed by atoms with Gasteiger partial charge in [-0.3, -0.25) is 4.79 Å². The van der Waals surface area contributed by atoms with E-state index in [4.69, 9.17) is 9.47 Å². The number of likely N-dealkylation sites (N-methyl/N-ethyl adjacent to an activating group) is 1. The third-order valence-electron chi connectivity index (χ3n) is 4.35. The zero-order valence-corrected chi connectivity index (χ0v) is 13.7. The first kappa shape index (κ1) is 16.1. The lowest BCUT2D eigenvalue weighted by Crippen LogP contribution is -2.46. The number of nitrogens with zero attached hydrogens (tertiary/aromatic N) is 2. The molecule has 1 aromatic rings. The molecule has 0 spiro atoms. The molecule has 2 aliphatic heterocycles. The highest BCUT2D eigenvalue weighted by Gasteiger charge is 2.26. The molecule has 1 atom stereocenters. The van der Waals surface area contributed by atoms with Crippen LogP contribution in [0.3, 0.4) is 0 Å². The Morgan fingerprint density at radius 1 is 1.22 bits per heavy atom. The van der Waals surface area contributed by atoms with Crippen LogP contribution in [0.5, 0.6) is 11.5 Å². The van der Waals surface area contributed by atoms with E-state index >= 15 is 0 Å². The smallest absolute Gasteiger partial charge is 0.264 e. The van der Waals surface area contributed by atoms with Crippen LogP contribution in [0.2, 0.25) is 0 Å². The standard InChI is InChI=1S/C17H25N3O3/c1-19-9-11-20(12-10-19)8-4-7-18-17(21)16-13-22-14-5-2-3-6-15(14)23-16/h2-3,5-6,16H,4,7-13H2,1H3,(H,18,21)/t16-/m0/s1. The van der Waals surface area contributed by atoms with Gasteiger partial charge in [-0.15, -0.1) is 0 Å². The Bertz CT molecular complexity index is 530. The summed E-state index contributed by atoms with van der Waals surface area (Å²) < 4.78 is 11.3. The van der Waals surface area contributed by atoms with E-state index in [2.05, 4.69) is 22.2 Å². The number of carbonyl (C=O) groups is 1. The van der Waals surface area contributed by atoms with E-state index in [1.165, 1.54) is 0 Å². The van der Waals surface area contributed by atoms with Gasteiger partial charge in [0.15, 0.2) is 11.5 Å². The van der Waals surface area contributed by atoms with Crippen LogP contribution in [-0.2, 0) is 4.79 Å². The maximum absolute atomic E-state index is 12.2. The number of para-hydroxylation sites is 2. The Balaban J connectivity index is 1.35. The molecule has 1 aromatic carbocycles. The summed E-state index contributed by atoms with van der Waals surface area (Å²) in [6.45, 7) is 6.44. The molecule has 1 saturated heterocycles. The van der Waals surface area contributed by atoms with E-state index < -0.39 is 6.10 Å². The van der Waals surface area contributed by atoms with Crippen molar-refractivity contribution in [3.8, 4) is 11.5 Å². The molecule has 1 amide bonds. The van der Waals surface area contributed by atoms with Crippen molar-refractivity contribution in [2.45, 2.75) is 12.5 Å². The molecule has 1 N–H and O–H groups in total. The summed E-state index contributed by atoms with van der Waals surface area (Å²) >= 11 is 0. The van der Waals surface area contributed by atoms with E-state index in [1.54, 1.807) is 0 Å². The van der Waals surface area contributed by atoms with Gasteiger partial charge in [0, 0.05) is 32.7 Å². The average Bonchev–Trinajstić information content (AvgIpc) is 2.59. The molecule has 0 saturated carbocycles. The van der Waals surface area contributed by atoms with Crippen molar-refractivity contribution in [2.24, 2.45) is 0 Å². The van der Waals surface area contributed by atoms with Crippen LogP contribution in [0.4, 0.5) is 0 Å². The number of rotatable bonds is 5. The van der Waals surface area contributed by atoms with E-state index in [-0.39, 0.29) is 12.5 Å². The molecule has 126 valence electrons. The summed E-state index contributed by atoms with van der Waals surface area (Å²) in [4.78, 5) is 17.0. The number of amides is 1. The zero-order chi connectivity index (χ0) is 16.1. The summed E-state index contributed by atoms with van der Waals surface area (Å²) in [6, 6.07) is 7.43. The highest BCUT2D eigenvalue weighted by molar-refractivity contribution is 5.81. The molecule has 3 rings (SSSR count). The van der Waals surface area contributed by atoms with Crippen molar-refractivity contribution in [3.05, 3.63) is 24.3 Å². The molecule has 2 heterocycles. The van der Waals surface area contributed by atoms with Gasteiger partial charge in [0.05, 0.1) is 0 Å². The van der Waals surface area contributed by atoms with Gasteiger partial charge in [0.2, 0.25) is 6.10 Å². The molecule has 0 unspecified atom stereocenters. The Morgan fingerprint density at radius 3 is 2.74 bits per heavy atom. The van der Waals surface area contributed by atoms with E-state index in [9.17, 15) is 4.79 Å². The minimum atomic E-state index is -0.562. The van der Waals surface area contributed by atoms with Crippen molar-refractivity contribution in [2.75, 3.05) is 52.9 Å². The van der Waals surface area contributed by atoms with Gasteiger partial charge in [0.1, 0.15) is 6.61 Å². The molecule has 6 nitrogen and oxygen atoms in total. The van der Waals surface area contributed by atoms with E-state index in [0.717, 1.165) is 39.1 Å². The SMILES string of the molecule is CN1CCN(CCCNC(=O)[C@@H]2COc3ccccc3O2)CC1. The highest BCUT2D eigenvalue weighted by atomic mass is 16.6. The van der Waals surface area contributed by atoms with E-state index in [0.29, 0.717) is 18.0 Å². The second-order valence-corrected chi connectivity index (χ2v) is 6.15. The molecule has 23 heavy (non-hydrogen) atoms. The van der Waals surface area contributed by atoms with E-state index in [1.807, 2.05) is 24.3 Å². The molecular weight excluding hydrogens is 294 g/mol. The van der Waals surface area contributed by atoms with Crippen LogP contribution in [-0.4, -0.2) is 74.7 Å². The van der Waals surface area contributed by atoms with Gasteiger partial charge in [-0.25, -0.2) is 0 Å². The summed E-state index contributed by atoms with van der Waals surface area (Å²) in [6.07, 6.45) is 0.396. The second-order valence-electron chi connectivity index (χ2n) is 6.15. The zero-order valence-electron chi connectivity index (χ0n) is 13.7. The fraction of sp³-hybridized carbons (Fsp3) is 0.588. The quantitative estimate of drug-likeness (QED) is 0.805. The van der Waals surface area contributed by atoms with Crippen LogP contribution in [0, 0.1) is 0 Å². The molecule has 0 aromatic heterocycles. The van der Waals surface area contributed by atoms with Gasteiger partial charge >= 0.3 is 0 Å². The van der Waals surface area contributed by atoms with Crippen molar-refractivity contribution in [3.63, 3.8) is 0 Å². The predicted molar refractivity (Wildman–Crippen MR) is 87.9 cm³/mol. The number of ether oxygens (including phenoxy) is 2. The number of hydrogen-bond donors (Lipinski definition) is 1. The van der Waals surface area contributed by atoms with Crippen LogP contribution in [0.1, 0.15) is 6.42 Å². The molecule has 1 fully saturated rings. The van der Waals surface area contributed by atoms with Crippen LogP contribution in [0.25, 0.3) is 0 Å². The molecule has 0 bridgehead atoms. The summed E-state index contributed by atoms with van der Waals surface area (Å²) in [5.41, 5.74) is 0. The molecular formula is C17H25N3O3. The molecule has 0 radical (unpaired) electrons. The maximum Gasteiger partial charge on any atom is 0.264 e. The minimum Gasteiger partial charge on any atom is -0.485 e. The number of carbonyl (C=O) groups excluding carboxylic acids is 1. The lowest BCUT2D eigenvalue weighted by atomic mass is 10.2. The van der Waals surface area contributed by atoms with Gasteiger partial charge in [-0.2, -0.15) is 0 Å². The fourth-order valence-corrected chi connectivity index (χ4v) is 2.85. The number of benzene rings is 1. The second kappa shape index (κ2) is 7.66. The minimum absolute atomic E-state index is 0.0992. The Hall–Kier alpha value is -1.79. The van der Waals surface area contributed by atoms with Crippen molar-refractivity contribution in [1.29, 1.82) is 0 Å². The first-order chi connectivity index (χ1) is 11.2. The molecule has 2 aliphatic rings. The maximum atomic E-state index is 12.2. The van der Waals surface area contributed by atoms with Crippen LogP contribution in [0.15, 0.2) is 24.3 Å². The largest absolute Gasteiger partial charge is 0.485 e. The van der Waals surface area contributed by atoms with Gasteiger partial charge < -0.3 is 24.6 Å². The fourth-order valence-electron chi connectivity index (χ4n) is 2.85. The van der Waals surface area contributed by atoms with Gasteiger partial charge in [0.25, 0.3) is 5.91 Å². The normalized spacial score (nSPS) is 21.9. The average molecular weight is 319 g/mol. The third-order valence-corrected chi connectivity index (χ3v) is 4.35. The number of piperazine rings is 1. The summed E-state index contributed by atoms with van der Waals surface area (Å²) in [5, 5.41) is 2.95. The van der Waals surface area contributed by atoms with Crippen molar-refractivity contribution >= 4 is 5.91 Å². The van der Waals surface area contributed by atoms with Crippen LogP contribution >= 0.6 is 0 Å².